The second-order valence-corrected chi connectivity index (χ2v) is 5.84. The molecule has 0 fully saturated rings. The van der Waals surface area contributed by atoms with Crippen molar-refractivity contribution in [1.82, 2.24) is 10.3 Å². The van der Waals surface area contributed by atoms with Crippen molar-refractivity contribution in [2.75, 3.05) is 20.3 Å². The highest BCUT2D eigenvalue weighted by atomic mass is 16.5. The van der Waals surface area contributed by atoms with E-state index in [0.29, 0.717) is 5.75 Å². The fourth-order valence-corrected chi connectivity index (χ4v) is 2.41. The number of hydrogen-bond donors (Lipinski definition) is 3. The van der Waals surface area contributed by atoms with Crippen molar-refractivity contribution in [2.45, 2.75) is 12.7 Å². The van der Waals surface area contributed by atoms with Crippen molar-refractivity contribution >= 4 is 16.7 Å². The molecular formula is C19H20N2O6. The number of aliphatic hydroxyl groups is 2. The summed E-state index contributed by atoms with van der Waals surface area (Å²) in [6, 6.07) is 11.4. The van der Waals surface area contributed by atoms with Crippen LogP contribution < -0.4 is 14.8 Å². The van der Waals surface area contributed by atoms with E-state index < -0.39 is 18.6 Å². The molecule has 0 radical (unpaired) electrons. The van der Waals surface area contributed by atoms with Gasteiger partial charge in [0.25, 0.3) is 5.91 Å². The second kappa shape index (κ2) is 8.52. The topological polar surface area (TPSA) is 114 Å². The first-order valence-electron chi connectivity index (χ1n) is 8.31. The Hall–Kier alpha value is -3.10. The Morgan fingerprint density at radius 2 is 1.96 bits per heavy atom. The average molecular weight is 372 g/mol. The van der Waals surface area contributed by atoms with E-state index in [2.05, 4.69) is 10.3 Å². The van der Waals surface area contributed by atoms with Crippen molar-refractivity contribution in [1.29, 1.82) is 0 Å². The number of aliphatic hydroxyl groups excluding tert-OH is 2. The Bertz CT molecular complexity index is 923. The van der Waals surface area contributed by atoms with Gasteiger partial charge in [0.15, 0.2) is 12.3 Å². The number of hydrogen-bond acceptors (Lipinski definition) is 7. The van der Waals surface area contributed by atoms with E-state index in [-0.39, 0.29) is 24.7 Å². The lowest BCUT2D eigenvalue weighted by Crippen LogP contribution is -2.34. The molecule has 0 spiro atoms. The van der Waals surface area contributed by atoms with Crippen LogP contribution in [0.3, 0.4) is 0 Å². The van der Waals surface area contributed by atoms with Crippen LogP contribution in [0.5, 0.6) is 11.5 Å². The molecule has 1 amide bonds. The highest BCUT2D eigenvalue weighted by molar-refractivity contribution is 5.91. The summed E-state index contributed by atoms with van der Waals surface area (Å²) < 4.78 is 16.1. The molecule has 0 saturated heterocycles. The monoisotopic (exact) mass is 372 g/mol. The normalized spacial score (nSPS) is 12.0. The minimum Gasteiger partial charge on any atom is -0.497 e. The molecule has 1 heterocycles. The van der Waals surface area contributed by atoms with E-state index in [1.165, 1.54) is 6.26 Å². The molecule has 8 heteroatoms. The molecule has 27 heavy (non-hydrogen) atoms. The zero-order chi connectivity index (χ0) is 19.2. The summed E-state index contributed by atoms with van der Waals surface area (Å²) in [5, 5.41) is 22.5. The Morgan fingerprint density at radius 1 is 1.22 bits per heavy atom. The largest absolute Gasteiger partial charge is 0.497 e. The van der Waals surface area contributed by atoms with Crippen molar-refractivity contribution in [3.63, 3.8) is 0 Å². The number of oxazole rings is 1. The molecular weight excluding hydrogens is 352 g/mol. The number of fused-ring (bicyclic) bond motifs is 1. The standard InChI is InChI=1S/C19H20N2O6/c1-25-15-4-2-12-3-5-16(7-13(12)6-15)26-11-18-21-17(10-27-18)19(24)20-8-14(23)9-22/h2-7,10,14,22-23H,8-9,11H2,1H3,(H,20,24)/t14-/m1/s1. The van der Waals surface area contributed by atoms with Crippen LogP contribution in [0.1, 0.15) is 16.4 Å². The number of benzene rings is 2. The minimum atomic E-state index is -1.02. The van der Waals surface area contributed by atoms with Gasteiger partial charge >= 0.3 is 0 Å². The maximum atomic E-state index is 11.9. The highest BCUT2D eigenvalue weighted by Crippen LogP contribution is 2.25. The van der Waals surface area contributed by atoms with Crippen molar-refractivity contribution in [2.24, 2.45) is 0 Å². The first-order chi connectivity index (χ1) is 13.1. The van der Waals surface area contributed by atoms with Gasteiger partial charge in [-0.2, -0.15) is 0 Å². The second-order valence-electron chi connectivity index (χ2n) is 5.84. The van der Waals surface area contributed by atoms with E-state index >= 15 is 0 Å². The molecule has 142 valence electrons. The van der Waals surface area contributed by atoms with Gasteiger partial charge in [-0.05, 0) is 35.0 Å². The number of rotatable bonds is 8. The van der Waals surface area contributed by atoms with Crippen LogP contribution in [-0.2, 0) is 6.61 Å². The minimum absolute atomic E-state index is 0.0576. The smallest absolute Gasteiger partial charge is 0.273 e. The number of carbonyl (C=O) groups is 1. The van der Waals surface area contributed by atoms with Gasteiger partial charge < -0.3 is 29.4 Å². The van der Waals surface area contributed by atoms with Gasteiger partial charge in [-0.1, -0.05) is 12.1 Å². The Balaban J connectivity index is 1.61. The number of amides is 1. The third kappa shape index (κ3) is 4.75. The van der Waals surface area contributed by atoms with Gasteiger partial charge in [-0.15, -0.1) is 0 Å². The number of ether oxygens (including phenoxy) is 2. The van der Waals surface area contributed by atoms with Gasteiger partial charge in [0.05, 0.1) is 19.8 Å². The van der Waals surface area contributed by atoms with Gasteiger partial charge in [0.2, 0.25) is 5.89 Å². The lowest BCUT2D eigenvalue weighted by atomic mass is 10.1. The maximum absolute atomic E-state index is 11.9. The molecule has 3 N–H and O–H groups in total. The number of aromatic nitrogens is 1. The quantitative estimate of drug-likeness (QED) is 0.549. The lowest BCUT2D eigenvalue weighted by Gasteiger charge is -2.07. The van der Waals surface area contributed by atoms with Gasteiger partial charge in [-0.3, -0.25) is 4.79 Å². The Labute approximate surface area is 155 Å². The third-order valence-electron chi connectivity index (χ3n) is 3.87. The number of carbonyl (C=O) groups excluding carboxylic acids is 1. The molecule has 1 atom stereocenters. The molecule has 0 aliphatic rings. The summed E-state index contributed by atoms with van der Waals surface area (Å²) in [5.74, 6) is 1.13. The summed E-state index contributed by atoms with van der Waals surface area (Å²) in [5.41, 5.74) is 0.0713. The van der Waals surface area contributed by atoms with Crippen LogP contribution in [0.4, 0.5) is 0 Å². The average Bonchev–Trinajstić information content (AvgIpc) is 3.18. The Kier molecular flexibility index (Phi) is 5.90. The van der Waals surface area contributed by atoms with Crippen molar-refractivity contribution in [3.8, 4) is 11.5 Å². The first kappa shape index (κ1) is 18.7. The van der Waals surface area contributed by atoms with Crippen LogP contribution >= 0.6 is 0 Å². The molecule has 0 aliphatic carbocycles. The predicted octanol–water partition coefficient (Wildman–Crippen LogP) is 1.50. The molecule has 3 aromatic rings. The predicted molar refractivity (Wildman–Crippen MR) is 96.8 cm³/mol. The van der Waals surface area contributed by atoms with Crippen LogP contribution in [0.2, 0.25) is 0 Å². The summed E-state index contributed by atoms with van der Waals surface area (Å²) >= 11 is 0. The van der Waals surface area contributed by atoms with E-state index in [0.717, 1.165) is 16.5 Å². The zero-order valence-electron chi connectivity index (χ0n) is 14.7. The van der Waals surface area contributed by atoms with E-state index in [1.807, 2.05) is 36.4 Å². The summed E-state index contributed by atoms with van der Waals surface area (Å²) in [7, 11) is 1.61. The molecule has 0 bridgehead atoms. The molecule has 8 nitrogen and oxygen atoms in total. The highest BCUT2D eigenvalue weighted by Gasteiger charge is 2.14. The van der Waals surface area contributed by atoms with Crippen molar-refractivity contribution in [3.05, 3.63) is 54.2 Å². The molecule has 0 aliphatic heterocycles. The number of methoxy groups -OCH3 is 1. The van der Waals surface area contributed by atoms with Crippen LogP contribution in [0.25, 0.3) is 10.8 Å². The maximum Gasteiger partial charge on any atom is 0.273 e. The van der Waals surface area contributed by atoms with Gasteiger partial charge in [-0.25, -0.2) is 4.98 Å². The number of nitrogens with zero attached hydrogens (tertiary/aromatic N) is 1. The van der Waals surface area contributed by atoms with E-state index in [9.17, 15) is 9.90 Å². The van der Waals surface area contributed by atoms with Gasteiger partial charge in [0.1, 0.15) is 17.8 Å². The van der Waals surface area contributed by atoms with Crippen LogP contribution in [-0.4, -0.2) is 47.5 Å². The van der Waals surface area contributed by atoms with Crippen LogP contribution in [0.15, 0.2) is 47.1 Å². The molecule has 0 unspecified atom stereocenters. The fourth-order valence-electron chi connectivity index (χ4n) is 2.41. The molecule has 3 rings (SSSR count). The van der Waals surface area contributed by atoms with Gasteiger partial charge in [0, 0.05) is 6.54 Å². The lowest BCUT2D eigenvalue weighted by molar-refractivity contribution is 0.0798. The van der Waals surface area contributed by atoms with Crippen molar-refractivity contribution < 1.29 is 28.9 Å². The Morgan fingerprint density at radius 3 is 2.70 bits per heavy atom. The fraction of sp³-hybridized carbons (Fsp3) is 0.263. The summed E-state index contributed by atoms with van der Waals surface area (Å²) in [6.45, 7) is -0.452. The third-order valence-corrected chi connectivity index (χ3v) is 3.87. The molecule has 2 aromatic carbocycles. The van der Waals surface area contributed by atoms with Crippen LogP contribution in [0, 0.1) is 0 Å². The summed E-state index contributed by atoms with van der Waals surface area (Å²) in [6.07, 6.45) is 0.195. The molecule has 1 aromatic heterocycles. The molecule has 0 saturated carbocycles. The van der Waals surface area contributed by atoms with E-state index in [1.54, 1.807) is 7.11 Å². The summed E-state index contributed by atoms with van der Waals surface area (Å²) in [4.78, 5) is 15.9. The number of nitrogens with one attached hydrogen (secondary N) is 1. The van der Waals surface area contributed by atoms with E-state index in [4.69, 9.17) is 19.0 Å². The first-order valence-corrected chi connectivity index (χ1v) is 8.31. The zero-order valence-corrected chi connectivity index (χ0v) is 14.7. The SMILES string of the molecule is COc1ccc2ccc(OCc3nc(C(=O)NC[C@@H](O)CO)co3)cc2c1.